The largest absolute Gasteiger partial charge is 0.369 e. The number of imide groups is 1. The average Bonchev–Trinajstić information content (AvgIpc) is 2.98. The quantitative estimate of drug-likeness (QED) is 0.484. The Morgan fingerprint density at radius 2 is 1.44 bits per heavy atom. The molecular formula is C20H19ClIN3O2. The minimum absolute atomic E-state index is 0.110. The van der Waals surface area contributed by atoms with Gasteiger partial charge in [0.15, 0.2) is 0 Å². The fourth-order valence-electron chi connectivity index (χ4n) is 3.71. The summed E-state index contributed by atoms with van der Waals surface area (Å²) in [7, 11) is 0. The molecule has 2 amide bonds. The Bertz CT molecular complexity index is 849. The van der Waals surface area contributed by atoms with Gasteiger partial charge in [0.1, 0.15) is 0 Å². The molecule has 1 atom stereocenters. The Balaban J connectivity index is 1.43. The van der Waals surface area contributed by atoms with Crippen LogP contribution in [0.3, 0.4) is 0 Å². The second kappa shape index (κ2) is 7.77. The van der Waals surface area contributed by atoms with Crippen LogP contribution < -0.4 is 9.80 Å². The Labute approximate surface area is 177 Å². The second-order valence-corrected chi connectivity index (χ2v) is 8.45. The number of piperazine rings is 1. The first-order valence-corrected chi connectivity index (χ1v) is 10.4. The van der Waals surface area contributed by atoms with Crippen LogP contribution in [0.25, 0.3) is 0 Å². The van der Waals surface area contributed by atoms with E-state index in [1.165, 1.54) is 4.90 Å². The number of hydrogen-bond acceptors (Lipinski definition) is 4. The summed E-state index contributed by atoms with van der Waals surface area (Å²) in [5.74, 6) is -0.229. The summed E-state index contributed by atoms with van der Waals surface area (Å²) in [5.41, 5.74) is 1.79. The minimum atomic E-state index is -0.357. The van der Waals surface area contributed by atoms with Crippen molar-refractivity contribution in [2.45, 2.75) is 12.5 Å². The summed E-state index contributed by atoms with van der Waals surface area (Å²) in [6, 6.07) is 14.9. The maximum Gasteiger partial charge on any atom is 0.251 e. The van der Waals surface area contributed by atoms with Gasteiger partial charge in [0.2, 0.25) is 5.91 Å². The Morgan fingerprint density at radius 1 is 0.852 bits per heavy atom. The van der Waals surface area contributed by atoms with E-state index in [2.05, 4.69) is 32.4 Å². The molecule has 0 spiro atoms. The van der Waals surface area contributed by atoms with E-state index in [-0.39, 0.29) is 24.3 Å². The fourth-order valence-corrected chi connectivity index (χ4v) is 4.19. The van der Waals surface area contributed by atoms with Crippen LogP contribution in [0.15, 0.2) is 48.5 Å². The van der Waals surface area contributed by atoms with Crippen LogP contribution in [0, 0.1) is 3.57 Å². The molecule has 4 rings (SSSR count). The second-order valence-electron chi connectivity index (χ2n) is 6.76. The maximum atomic E-state index is 12.9. The summed E-state index contributed by atoms with van der Waals surface area (Å²) in [6.45, 7) is 3.16. The van der Waals surface area contributed by atoms with Crippen molar-refractivity contribution in [3.8, 4) is 0 Å². The van der Waals surface area contributed by atoms with E-state index in [4.69, 9.17) is 11.6 Å². The van der Waals surface area contributed by atoms with Crippen molar-refractivity contribution in [1.29, 1.82) is 0 Å². The van der Waals surface area contributed by atoms with Crippen molar-refractivity contribution >= 4 is 57.4 Å². The first-order chi connectivity index (χ1) is 13.0. The van der Waals surface area contributed by atoms with Crippen LogP contribution in [0.2, 0.25) is 5.02 Å². The summed E-state index contributed by atoms with van der Waals surface area (Å²) >= 11 is 8.17. The molecule has 2 fully saturated rings. The van der Waals surface area contributed by atoms with E-state index >= 15 is 0 Å². The molecule has 140 valence electrons. The standard InChI is InChI=1S/C20H19ClIN3O2/c21-14-1-5-16(6-2-14)23-9-11-24(12-10-23)18-13-19(26)25(20(18)27)17-7-3-15(22)4-8-17/h1-8,18H,9-13H2. The zero-order valence-electron chi connectivity index (χ0n) is 14.6. The number of nitrogens with zero attached hydrogens (tertiary/aromatic N) is 3. The zero-order chi connectivity index (χ0) is 19.0. The molecule has 2 aliphatic heterocycles. The molecule has 2 aromatic carbocycles. The van der Waals surface area contributed by atoms with Crippen LogP contribution in [0.1, 0.15) is 6.42 Å². The number of halogens is 2. The van der Waals surface area contributed by atoms with Gasteiger partial charge in [-0.3, -0.25) is 14.5 Å². The Morgan fingerprint density at radius 3 is 2.07 bits per heavy atom. The van der Waals surface area contributed by atoms with Crippen LogP contribution in [-0.2, 0) is 9.59 Å². The fraction of sp³-hybridized carbons (Fsp3) is 0.300. The lowest BCUT2D eigenvalue weighted by Crippen LogP contribution is -2.52. The van der Waals surface area contributed by atoms with E-state index in [0.717, 1.165) is 40.5 Å². The lowest BCUT2D eigenvalue weighted by Gasteiger charge is -2.38. The molecule has 0 saturated carbocycles. The number of benzene rings is 2. The monoisotopic (exact) mass is 495 g/mol. The summed E-state index contributed by atoms with van der Waals surface area (Å²) in [4.78, 5) is 31.2. The maximum absolute atomic E-state index is 12.9. The molecule has 0 N–H and O–H groups in total. The Hall–Kier alpha value is -1.64. The third-order valence-electron chi connectivity index (χ3n) is 5.15. The first kappa shape index (κ1) is 18.7. The van der Waals surface area contributed by atoms with Crippen molar-refractivity contribution in [2.75, 3.05) is 36.0 Å². The molecule has 2 aromatic rings. The number of amides is 2. The van der Waals surface area contributed by atoms with Gasteiger partial charge in [-0.2, -0.15) is 0 Å². The SMILES string of the molecule is O=C1CC(N2CCN(c3ccc(Cl)cc3)CC2)C(=O)N1c1ccc(I)cc1. The van der Waals surface area contributed by atoms with Crippen LogP contribution in [0.4, 0.5) is 11.4 Å². The number of rotatable bonds is 3. The lowest BCUT2D eigenvalue weighted by atomic mass is 10.1. The van der Waals surface area contributed by atoms with Crippen molar-refractivity contribution in [3.05, 3.63) is 57.1 Å². The predicted molar refractivity (Wildman–Crippen MR) is 115 cm³/mol. The van der Waals surface area contributed by atoms with E-state index in [9.17, 15) is 9.59 Å². The summed E-state index contributed by atoms with van der Waals surface area (Å²) < 4.78 is 1.07. The topological polar surface area (TPSA) is 43.9 Å². The number of carbonyl (C=O) groups excluding carboxylic acids is 2. The van der Waals surface area contributed by atoms with Crippen molar-refractivity contribution in [1.82, 2.24) is 4.90 Å². The summed E-state index contributed by atoms with van der Waals surface area (Å²) in [5, 5.41) is 0.725. The third-order valence-corrected chi connectivity index (χ3v) is 6.13. The van der Waals surface area contributed by atoms with Gasteiger partial charge in [0.25, 0.3) is 5.91 Å². The molecule has 1 unspecified atom stereocenters. The molecule has 2 heterocycles. The molecule has 0 bridgehead atoms. The highest BCUT2D eigenvalue weighted by molar-refractivity contribution is 14.1. The molecule has 0 aliphatic carbocycles. The van der Waals surface area contributed by atoms with E-state index in [1.807, 2.05) is 48.5 Å². The lowest BCUT2D eigenvalue weighted by molar-refractivity contribution is -0.123. The Kier molecular flexibility index (Phi) is 5.39. The smallest absolute Gasteiger partial charge is 0.251 e. The first-order valence-electron chi connectivity index (χ1n) is 8.90. The normalized spacial score (nSPS) is 21.2. The highest BCUT2D eigenvalue weighted by atomic mass is 127. The predicted octanol–water partition coefficient (Wildman–Crippen LogP) is 3.40. The molecule has 27 heavy (non-hydrogen) atoms. The van der Waals surface area contributed by atoms with Crippen LogP contribution in [0.5, 0.6) is 0 Å². The van der Waals surface area contributed by atoms with Gasteiger partial charge in [-0.1, -0.05) is 11.6 Å². The van der Waals surface area contributed by atoms with Gasteiger partial charge >= 0.3 is 0 Å². The zero-order valence-corrected chi connectivity index (χ0v) is 17.6. The van der Waals surface area contributed by atoms with Crippen molar-refractivity contribution in [3.63, 3.8) is 0 Å². The molecule has 0 aromatic heterocycles. The van der Waals surface area contributed by atoms with Gasteiger partial charge in [-0.05, 0) is 71.1 Å². The molecule has 5 nitrogen and oxygen atoms in total. The minimum Gasteiger partial charge on any atom is -0.369 e. The van der Waals surface area contributed by atoms with Crippen LogP contribution >= 0.6 is 34.2 Å². The molecular weight excluding hydrogens is 477 g/mol. The molecule has 2 saturated heterocycles. The van der Waals surface area contributed by atoms with Gasteiger partial charge in [-0.15, -0.1) is 0 Å². The average molecular weight is 496 g/mol. The van der Waals surface area contributed by atoms with Gasteiger partial charge in [0.05, 0.1) is 18.2 Å². The van der Waals surface area contributed by atoms with Crippen LogP contribution in [-0.4, -0.2) is 48.9 Å². The summed E-state index contributed by atoms with van der Waals surface area (Å²) in [6.07, 6.45) is 0.256. The van der Waals surface area contributed by atoms with Gasteiger partial charge < -0.3 is 4.90 Å². The molecule has 7 heteroatoms. The van der Waals surface area contributed by atoms with Gasteiger partial charge in [-0.25, -0.2) is 4.90 Å². The third kappa shape index (κ3) is 3.83. The van der Waals surface area contributed by atoms with E-state index in [0.29, 0.717) is 5.69 Å². The molecule has 0 radical (unpaired) electrons. The highest BCUT2D eigenvalue weighted by Crippen LogP contribution is 2.28. The van der Waals surface area contributed by atoms with E-state index in [1.54, 1.807) is 0 Å². The van der Waals surface area contributed by atoms with E-state index < -0.39 is 0 Å². The highest BCUT2D eigenvalue weighted by Gasteiger charge is 2.43. The number of hydrogen-bond donors (Lipinski definition) is 0. The number of anilines is 2. The van der Waals surface area contributed by atoms with Gasteiger partial charge in [0, 0.05) is 40.5 Å². The molecule has 2 aliphatic rings. The van der Waals surface area contributed by atoms with Crippen molar-refractivity contribution in [2.24, 2.45) is 0 Å². The van der Waals surface area contributed by atoms with Crippen molar-refractivity contribution < 1.29 is 9.59 Å². The number of carbonyl (C=O) groups is 2.